The molecule has 0 atom stereocenters. The second-order valence-corrected chi connectivity index (χ2v) is 9.93. The highest BCUT2D eigenvalue weighted by atomic mass is 32.1. The summed E-state index contributed by atoms with van der Waals surface area (Å²) in [5, 5.41) is 15.1. The number of imidazole rings is 1. The first-order valence-corrected chi connectivity index (χ1v) is 13.5. The molecule has 0 fully saturated rings. The maximum atomic E-state index is 14.6. The number of thiazole rings is 1. The summed E-state index contributed by atoms with van der Waals surface area (Å²) < 4.78 is 16.8. The summed E-state index contributed by atoms with van der Waals surface area (Å²) in [7, 11) is 0. The molecule has 0 bridgehead atoms. The standard InChI is InChI=1S/C29H31BFN5S/c1-4-24-26(7-6-8-27(24)31)25(5-2)28(11-13-30(3)20-32)35-18-22-12-14-33-17-21(22)9-10-23-19-37-29-34-15-16-36(23)29/h5-8,12,14-17,19,35H,2,4,9-11,13,18H2,1,3H3/b28-25-. The van der Waals surface area contributed by atoms with E-state index in [-0.39, 0.29) is 12.5 Å². The summed E-state index contributed by atoms with van der Waals surface area (Å²) >= 11 is 1.65. The molecule has 0 aliphatic carbocycles. The molecule has 188 valence electrons. The molecule has 1 N–H and O–H groups in total. The molecule has 0 amide bonds. The van der Waals surface area contributed by atoms with Gasteiger partial charge in [-0.2, -0.15) is 0 Å². The Kier molecular flexibility index (Phi) is 8.92. The number of nitrogens with zero attached hydrogens (tertiary/aromatic N) is 4. The summed E-state index contributed by atoms with van der Waals surface area (Å²) in [4.78, 5) is 9.75. The second-order valence-electron chi connectivity index (χ2n) is 9.09. The van der Waals surface area contributed by atoms with Crippen LogP contribution in [0.3, 0.4) is 0 Å². The third-order valence-corrected chi connectivity index (χ3v) is 7.61. The Hall–Kier alpha value is -3.70. The Morgan fingerprint density at radius 2 is 2.14 bits per heavy atom. The summed E-state index contributed by atoms with van der Waals surface area (Å²) in [5.41, 5.74) is 6.96. The van der Waals surface area contributed by atoms with Crippen LogP contribution in [0.4, 0.5) is 4.39 Å². The van der Waals surface area contributed by atoms with Crippen molar-refractivity contribution in [3.8, 4) is 5.97 Å². The van der Waals surface area contributed by atoms with E-state index in [1.165, 1.54) is 17.3 Å². The molecule has 5 nitrogen and oxygen atoms in total. The molecular weight excluding hydrogens is 480 g/mol. The fourth-order valence-corrected chi connectivity index (χ4v) is 5.47. The first kappa shape index (κ1) is 26.4. The van der Waals surface area contributed by atoms with Gasteiger partial charge in [0, 0.05) is 59.6 Å². The molecule has 4 aromatic rings. The highest BCUT2D eigenvalue weighted by Crippen LogP contribution is 2.28. The number of halogens is 1. The van der Waals surface area contributed by atoms with Gasteiger partial charge in [-0.25, -0.2) is 14.6 Å². The van der Waals surface area contributed by atoms with E-state index in [1.54, 1.807) is 23.5 Å². The molecule has 1 aromatic carbocycles. The van der Waals surface area contributed by atoms with Crippen LogP contribution >= 0.6 is 11.3 Å². The quantitative estimate of drug-likeness (QED) is 0.173. The zero-order chi connectivity index (χ0) is 26.2. The predicted octanol–water partition coefficient (Wildman–Crippen LogP) is 6.54. The minimum atomic E-state index is -0.207. The van der Waals surface area contributed by atoms with Gasteiger partial charge in [-0.15, -0.1) is 11.3 Å². The van der Waals surface area contributed by atoms with E-state index in [0.29, 0.717) is 31.3 Å². The molecule has 8 heteroatoms. The van der Waals surface area contributed by atoms with Crippen LogP contribution in [0.25, 0.3) is 10.5 Å². The number of nitriles is 1. The highest BCUT2D eigenvalue weighted by molar-refractivity contribution is 7.15. The Bertz CT molecular complexity index is 1450. The largest absolute Gasteiger partial charge is 0.384 e. The summed E-state index contributed by atoms with van der Waals surface area (Å²) in [5.74, 6) is 2.11. The van der Waals surface area contributed by atoms with E-state index in [2.05, 4.69) is 37.6 Å². The minimum absolute atomic E-state index is 0.0804. The lowest BCUT2D eigenvalue weighted by atomic mass is 9.50. The van der Waals surface area contributed by atoms with E-state index >= 15 is 0 Å². The Labute approximate surface area is 222 Å². The van der Waals surface area contributed by atoms with Gasteiger partial charge in [-0.3, -0.25) is 9.38 Å². The monoisotopic (exact) mass is 511 g/mol. The topological polar surface area (TPSA) is 66.0 Å². The number of aryl methyl sites for hydroxylation is 2. The third kappa shape index (κ3) is 6.18. The summed E-state index contributed by atoms with van der Waals surface area (Å²) in [6.07, 6.45) is 13.1. The number of hydrogen-bond donors (Lipinski definition) is 1. The van der Waals surface area contributed by atoms with Crippen molar-refractivity contribution >= 4 is 28.6 Å². The number of allylic oxidation sites excluding steroid dienone is 3. The Balaban J connectivity index is 1.59. The normalized spacial score (nSPS) is 11.7. The van der Waals surface area contributed by atoms with Crippen molar-refractivity contribution in [1.82, 2.24) is 19.7 Å². The first-order valence-electron chi connectivity index (χ1n) is 12.6. The lowest BCUT2D eigenvalue weighted by Crippen LogP contribution is -2.18. The number of aromatic nitrogens is 3. The number of fused-ring (bicyclic) bond motifs is 1. The second kappa shape index (κ2) is 12.5. The van der Waals surface area contributed by atoms with Crippen molar-refractivity contribution in [2.75, 3.05) is 0 Å². The number of nitrogens with one attached hydrogen (secondary N) is 1. The van der Waals surface area contributed by atoms with Gasteiger partial charge in [0.2, 0.25) is 0 Å². The molecule has 0 spiro atoms. The maximum Gasteiger partial charge on any atom is 0.265 e. The lowest BCUT2D eigenvalue weighted by molar-refractivity contribution is 0.611. The van der Waals surface area contributed by atoms with Crippen LogP contribution in [0.5, 0.6) is 0 Å². The number of hydrogen-bond acceptors (Lipinski definition) is 5. The molecule has 3 aromatic heterocycles. The van der Waals surface area contributed by atoms with Gasteiger partial charge in [-0.05, 0) is 60.1 Å². The SMILES string of the molecule is C=C/C(=C(\CCB(C)C#N)NCc1ccncc1CCc1csc2nccn12)c1cccc(F)c1CC. The fraction of sp³-hybridized carbons (Fsp3) is 0.276. The molecular formula is C29H31BFN5S. The summed E-state index contributed by atoms with van der Waals surface area (Å²) in [6.45, 7) is 8.47. The zero-order valence-corrected chi connectivity index (χ0v) is 22.2. The molecule has 37 heavy (non-hydrogen) atoms. The van der Waals surface area contributed by atoms with Crippen molar-refractivity contribution in [2.24, 2.45) is 0 Å². The van der Waals surface area contributed by atoms with Crippen molar-refractivity contribution in [3.63, 3.8) is 0 Å². The van der Waals surface area contributed by atoms with Crippen LogP contribution in [0, 0.1) is 17.0 Å². The first-order chi connectivity index (χ1) is 18.0. The van der Waals surface area contributed by atoms with Crippen molar-refractivity contribution < 1.29 is 4.39 Å². The Morgan fingerprint density at radius 3 is 2.92 bits per heavy atom. The van der Waals surface area contributed by atoms with Gasteiger partial charge in [0.05, 0.1) is 0 Å². The van der Waals surface area contributed by atoms with Crippen LogP contribution in [0.15, 0.2) is 72.8 Å². The number of pyridine rings is 1. The molecule has 0 aliphatic rings. The smallest absolute Gasteiger partial charge is 0.265 e. The van der Waals surface area contributed by atoms with Crippen LogP contribution < -0.4 is 5.32 Å². The van der Waals surface area contributed by atoms with E-state index in [9.17, 15) is 9.65 Å². The molecule has 0 aliphatic heterocycles. The van der Waals surface area contributed by atoms with Crippen molar-refractivity contribution in [1.29, 1.82) is 5.26 Å². The molecule has 3 heterocycles. The maximum absolute atomic E-state index is 14.6. The molecule has 0 saturated heterocycles. The predicted molar refractivity (Wildman–Crippen MR) is 151 cm³/mol. The molecule has 0 saturated carbocycles. The minimum Gasteiger partial charge on any atom is -0.384 e. The summed E-state index contributed by atoms with van der Waals surface area (Å²) in [6, 6.07) is 7.24. The third-order valence-electron chi connectivity index (χ3n) is 6.70. The van der Waals surface area contributed by atoms with Gasteiger partial charge in [0.15, 0.2) is 4.96 Å². The van der Waals surface area contributed by atoms with E-state index in [0.717, 1.165) is 40.2 Å². The molecule has 4 rings (SSSR count). The van der Waals surface area contributed by atoms with Gasteiger partial charge < -0.3 is 5.32 Å². The average molecular weight is 511 g/mol. The number of benzene rings is 1. The van der Waals surface area contributed by atoms with Gasteiger partial charge in [0.25, 0.3) is 6.71 Å². The molecule has 0 unspecified atom stereocenters. The average Bonchev–Trinajstić information content (AvgIpc) is 3.54. The lowest BCUT2D eigenvalue weighted by Gasteiger charge is -2.19. The van der Waals surface area contributed by atoms with E-state index in [4.69, 9.17) is 0 Å². The number of rotatable bonds is 12. The van der Waals surface area contributed by atoms with Crippen molar-refractivity contribution in [2.45, 2.75) is 52.3 Å². The highest BCUT2D eigenvalue weighted by Gasteiger charge is 2.16. The van der Waals surface area contributed by atoms with Gasteiger partial charge in [0.1, 0.15) is 5.82 Å². The van der Waals surface area contributed by atoms with Gasteiger partial charge >= 0.3 is 0 Å². The van der Waals surface area contributed by atoms with E-state index in [1.807, 2.05) is 50.7 Å². The van der Waals surface area contributed by atoms with Crippen LogP contribution in [-0.4, -0.2) is 21.1 Å². The van der Waals surface area contributed by atoms with Crippen LogP contribution in [0.1, 0.15) is 41.3 Å². The Morgan fingerprint density at radius 1 is 1.27 bits per heavy atom. The fourth-order valence-electron chi connectivity index (χ4n) is 4.58. The molecule has 0 radical (unpaired) electrons. The van der Waals surface area contributed by atoms with Crippen LogP contribution in [-0.2, 0) is 25.8 Å². The van der Waals surface area contributed by atoms with Crippen molar-refractivity contribution in [3.05, 3.63) is 107 Å². The zero-order valence-electron chi connectivity index (χ0n) is 21.4. The van der Waals surface area contributed by atoms with E-state index < -0.39 is 0 Å². The van der Waals surface area contributed by atoms with Crippen LogP contribution in [0.2, 0.25) is 13.1 Å². The van der Waals surface area contributed by atoms with Gasteiger partial charge in [-0.1, -0.05) is 44.9 Å².